The molecule has 0 atom stereocenters. The van der Waals surface area contributed by atoms with Gasteiger partial charge in [-0.3, -0.25) is 0 Å². The lowest BCUT2D eigenvalue weighted by Gasteiger charge is -2.31. The second-order valence-electron chi connectivity index (χ2n) is 6.90. The Labute approximate surface area is 163 Å². The van der Waals surface area contributed by atoms with Crippen molar-refractivity contribution in [2.24, 2.45) is 0 Å². The number of likely N-dealkylation sites (tertiary alicyclic amines) is 1. The summed E-state index contributed by atoms with van der Waals surface area (Å²) < 4.78 is 10.6. The minimum atomic E-state index is -0.119. The largest absolute Gasteiger partial charge is 0.497 e. The lowest BCUT2D eigenvalue weighted by atomic mass is 9.96. The van der Waals surface area contributed by atoms with Gasteiger partial charge < -0.3 is 24.7 Å². The van der Waals surface area contributed by atoms with Gasteiger partial charge in [-0.15, -0.1) is 0 Å². The van der Waals surface area contributed by atoms with E-state index in [9.17, 15) is 4.79 Å². The SMILES string of the molecule is COc1ccc(NC(=O)N2CCC(c3nc4ccccc4[nH]3)CC2)c(OC)c1. The van der Waals surface area contributed by atoms with Gasteiger partial charge >= 0.3 is 6.03 Å². The zero-order valence-corrected chi connectivity index (χ0v) is 16.1. The highest BCUT2D eigenvalue weighted by atomic mass is 16.5. The lowest BCUT2D eigenvalue weighted by molar-refractivity contribution is 0.193. The van der Waals surface area contributed by atoms with E-state index in [2.05, 4.69) is 10.3 Å². The number of piperidine rings is 1. The molecule has 0 unspecified atom stereocenters. The first kappa shape index (κ1) is 18.2. The number of ether oxygens (including phenoxy) is 2. The highest BCUT2D eigenvalue weighted by molar-refractivity contribution is 5.91. The number of hydrogen-bond acceptors (Lipinski definition) is 4. The summed E-state index contributed by atoms with van der Waals surface area (Å²) >= 11 is 0. The fraction of sp³-hybridized carbons (Fsp3) is 0.333. The van der Waals surface area contributed by atoms with Crippen LogP contribution in [0.15, 0.2) is 42.5 Å². The molecule has 28 heavy (non-hydrogen) atoms. The summed E-state index contributed by atoms with van der Waals surface area (Å²) in [7, 11) is 3.17. The van der Waals surface area contributed by atoms with Crippen molar-refractivity contribution in [3.63, 3.8) is 0 Å². The van der Waals surface area contributed by atoms with Gasteiger partial charge in [0.15, 0.2) is 0 Å². The number of carbonyl (C=O) groups is 1. The number of nitrogens with one attached hydrogen (secondary N) is 2. The number of amides is 2. The molecule has 2 N–H and O–H groups in total. The Hall–Kier alpha value is -3.22. The average Bonchev–Trinajstić information content (AvgIpc) is 3.18. The van der Waals surface area contributed by atoms with Gasteiger partial charge in [0.05, 0.1) is 30.9 Å². The van der Waals surface area contributed by atoms with Crippen LogP contribution in [0.2, 0.25) is 0 Å². The van der Waals surface area contributed by atoms with Gasteiger partial charge in [-0.1, -0.05) is 12.1 Å². The number of rotatable bonds is 4. The van der Waals surface area contributed by atoms with Crippen LogP contribution in [0.4, 0.5) is 10.5 Å². The van der Waals surface area contributed by atoms with Gasteiger partial charge in [0.1, 0.15) is 17.3 Å². The predicted molar refractivity (Wildman–Crippen MR) is 108 cm³/mol. The molecule has 146 valence electrons. The standard InChI is InChI=1S/C21H24N4O3/c1-27-15-7-8-18(19(13-15)28-2)24-21(26)25-11-9-14(10-12-25)20-22-16-5-3-4-6-17(16)23-20/h3-8,13-14H,9-12H2,1-2H3,(H,22,23)(H,24,26). The monoisotopic (exact) mass is 380 g/mol. The molecule has 0 aliphatic carbocycles. The Morgan fingerprint density at radius 2 is 1.93 bits per heavy atom. The number of fused-ring (bicyclic) bond motifs is 1. The molecule has 1 saturated heterocycles. The van der Waals surface area contributed by atoms with Gasteiger partial charge in [0.2, 0.25) is 0 Å². The van der Waals surface area contributed by atoms with Crippen LogP contribution < -0.4 is 14.8 Å². The zero-order valence-electron chi connectivity index (χ0n) is 16.1. The van der Waals surface area contributed by atoms with Crippen LogP contribution >= 0.6 is 0 Å². The van der Waals surface area contributed by atoms with Crippen LogP contribution in [0, 0.1) is 0 Å². The van der Waals surface area contributed by atoms with E-state index in [1.54, 1.807) is 32.4 Å². The van der Waals surface area contributed by atoms with Gasteiger partial charge in [0.25, 0.3) is 0 Å². The molecule has 1 aliphatic rings. The molecule has 1 aliphatic heterocycles. The maximum Gasteiger partial charge on any atom is 0.321 e. The van der Waals surface area contributed by atoms with Crippen molar-refractivity contribution in [1.82, 2.24) is 14.9 Å². The molecule has 7 heteroatoms. The van der Waals surface area contributed by atoms with Crippen molar-refractivity contribution in [1.29, 1.82) is 0 Å². The van der Waals surface area contributed by atoms with E-state index < -0.39 is 0 Å². The maximum absolute atomic E-state index is 12.7. The highest BCUT2D eigenvalue weighted by Gasteiger charge is 2.26. The van der Waals surface area contributed by atoms with Crippen LogP contribution in [0.3, 0.4) is 0 Å². The van der Waals surface area contributed by atoms with E-state index in [1.165, 1.54) is 0 Å². The lowest BCUT2D eigenvalue weighted by Crippen LogP contribution is -2.40. The fourth-order valence-electron chi connectivity index (χ4n) is 3.62. The molecular weight excluding hydrogens is 356 g/mol. The van der Waals surface area contributed by atoms with Gasteiger partial charge in [0, 0.05) is 25.1 Å². The molecule has 0 spiro atoms. The maximum atomic E-state index is 12.7. The topological polar surface area (TPSA) is 79.5 Å². The van der Waals surface area contributed by atoms with Crippen molar-refractivity contribution in [2.45, 2.75) is 18.8 Å². The normalized spacial score (nSPS) is 14.9. The van der Waals surface area contributed by atoms with E-state index >= 15 is 0 Å². The molecule has 7 nitrogen and oxygen atoms in total. The first-order valence-electron chi connectivity index (χ1n) is 9.40. The fourth-order valence-corrected chi connectivity index (χ4v) is 3.62. The third-order valence-electron chi connectivity index (χ3n) is 5.23. The second kappa shape index (κ2) is 7.80. The van der Waals surface area contributed by atoms with Crippen LogP contribution in [-0.2, 0) is 0 Å². The number of carbonyl (C=O) groups excluding carboxylic acids is 1. The number of methoxy groups -OCH3 is 2. The molecule has 2 aromatic carbocycles. The number of nitrogens with zero attached hydrogens (tertiary/aromatic N) is 2. The summed E-state index contributed by atoms with van der Waals surface area (Å²) in [6.07, 6.45) is 1.76. The molecule has 1 fully saturated rings. The number of para-hydroxylation sites is 2. The minimum Gasteiger partial charge on any atom is -0.497 e. The number of imidazole rings is 1. The van der Waals surface area contributed by atoms with Gasteiger partial charge in [-0.2, -0.15) is 0 Å². The Kier molecular flexibility index (Phi) is 5.06. The Balaban J connectivity index is 1.39. The summed E-state index contributed by atoms with van der Waals surface area (Å²) in [6.45, 7) is 1.37. The van der Waals surface area contributed by atoms with Crippen molar-refractivity contribution in [3.8, 4) is 11.5 Å². The summed E-state index contributed by atoms with van der Waals surface area (Å²) in [5.41, 5.74) is 2.68. The van der Waals surface area contributed by atoms with Crippen molar-refractivity contribution >= 4 is 22.8 Å². The van der Waals surface area contributed by atoms with Crippen molar-refractivity contribution in [2.75, 3.05) is 32.6 Å². The number of hydrogen-bond donors (Lipinski definition) is 2. The summed E-state index contributed by atoms with van der Waals surface area (Å²) in [5.74, 6) is 2.61. The first-order valence-corrected chi connectivity index (χ1v) is 9.40. The van der Waals surface area contributed by atoms with Crippen LogP contribution in [0.1, 0.15) is 24.6 Å². The van der Waals surface area contributed by atoms with Crippen LogP contribution in [-0.4, -0.2) is 48.2 Å². The van der Waals surface area contributed by atoms with E-state index in [1.807, 2.05) is 29.2 Å². The third-order valence-corrected chi connectivity index (χ3v) is 5.23. The van der Waals surface area contributed by atoms with E-state index in [4.69, 9.17) is 14.5 Å². The minimum absolute atomic E-state index is 0.119. The van der Waals surface area contributed by atoms with Crippen LogP contribution in [0.25, 0.3) is 11.0 Å². The van der Waals surface area contributed by atoms with Crippen molar-refractivity contribution < 1.29 is 14.3 Å². The smallest absolute Gasteiger partial charge is 0.321 e. The number of H-pyrrole nitrogens is 1. The Bertz CT molecular complexity index is 944. The molecule has 1 aromatic heterocycles. The van der Waals surface area contributed by atoms with Gasteiger partial charge in [-0.05, 0) is 37.1 Å². The molecule has 0 saturated carbocycles. The second-order valence-corrected chi connectivity index (χ2v) is 6.90. The summed E-state index contributed by atoms with van der Waals surface area (Å²) in [5, 5.41) is 2.94. The number of anilines is 1. The molecular formula is C21H24N4O3. The quantitative estimate of drug-likeness (QED) is 0.717. The molecule has 0 bridgehead atoms. The number of aromatic amines is 1. The van der Waals surface area contributed by atoms with E-state index in [0.29, 0.717) is 36.2 Å². The molecule has 2 amide bonds. The summed E-state index contributed by atoms with van der Waals surface area (Å²) in [4.78, 5) is 22.6. The first-order chi connectivity index (χ1) is 13.7. The van der Waals surface area contributed by atoms with E-state index in [-0.39, 0.29) is 6.03 Å². The molecule has 2 heterocycles. The van der Waals surface area contributed by atoms with Crippen molar-refractivity contribution in [3.05, 3.63) is 48.3 Å². The van der Waals surface area contributed by atoms with Gasteiger partial charge in [-0.25, -0.2) is 9.78 Å². The molecule has 0 radical (unpaired) electrons. The molecule has 3 aromatic rings. The third kappa shape index (κ3) is 3.60. The zero-order chi connectivity index (χ0) is 19.5. The number of aromatic nitrogens is 2. The molecule has 4 rings (SSSR count). The summed E-state index contributed by atoms with van der Waals surface area (Å²) in [6, 6.07) is 13.3. The Morgan fingerprint density at radius 3 is 2.64 bits per heavy atom. The number of benzene rings is 2. The van der Waals surface area contributed by atoms with Crippen LogP contribution in [0.5, 0.6) is 11.5 Å². The average molecular weight is 380 g/mol. The highest BCUT2D eigenvalue weighted by Crippen LogP contribution is 2.31. The number of urea groups is 1. The Morgan fingerprint density at radius 1 is 1.14 bits per heavy atom. The predicted octanol–water partition coefficient (Wildman–Crippen LogP) is 3.99. The van der Waals surface area contributed by atoms with E-state index in [0.717, 1.165) is 29.7 Å².